The average Bonchev–Trinajstić information content (AvgIpc) is 3.16. The summed E-state index contributed by atoms with van der Waals surface area (Å²) in [4.78, 5) is 18.3. The van der Waals surface area contributed by atoms with Crippen LogP contribution in [0.15, 0.2) is 16.0 Å². The largest absolute Gasteiger partial charge is 0.341 e. The molecule has 9 heteroatoms. The van der Waals surface area contributed by atoms with Crippen molar-refractivity contribution in [2.75, 3.05) is 18.8 Å². The molecule has 1 fully saturated rings. The standard InChI is InChI=1S/C12H16N6O2S/c1-8-14-11(20-16-8)9-3-4-18(5-9)10(19)6-21-12-15-13-7-17(12)2/h7,9H,3-6H2,1-2H3. The molecule has 1 atom stereocenters. The summed E-state index contributed by atoms with van der Waals surface area (Å²) in [6.07, 6.45) is 2.48. The first-order valence-corrected chi connectivity index (χ1v) is 7.67. The number of aromatic nitrogens is 5. The molecule has 0 aliphatic carbocycles. The Kier molecular flexibility index (Phi) is 3.91. The zero-order valence-electron chi connectivity index (χ0n) is 11.9. The third kappa shape index (κ3) is 3.07. The van der Waals surface area contributed by atoms with Crippen LogP contribution in [-0.4, -0.2) is 54.6 Å². The summed E-state index contributed by atoms with van der Waals surface area (Å²) in [5, 5.41) is 12.3. The van der Waals surface area contributed by atoms with E-state index >= 15 is 0 Å². The third-order valence-corrected chi connectivity index (χ3v) is 4.45. The van der Waals surface area contributed by atoms with Crippen molar-refractivity contribution >= 4 is 17.7 Å². The molecular formula is C12H16N6O2S. The highest BCUT2D eigenvalue weighted by atomic mass is 32.2. The molecule has 1 aliphatic rings. The predicted octanol–water partition coefficient (Wildman–Crippen LogP) is 0.615. The highest BCUT2D eigenvalue weighted by Crippen LogP contribution is 2.26. The molecule has 2 aromatic rings. The maximum absolute atomic E-state index is 12.2. The number of amides is 1. The van der Waals surface area contributed by atoms with E-state index in [-0.39, 0.29) is 11.8 Å². The van der Waals surface area contributed by atoms with Crippen LogP contribution in [0.5, 0.6) is 0 Å². The molecular weight excluding hydrogens is 292 g/mol. The van der Waals surface area contributed by atoms with Crippen LogP contribution in [0, 0.1) is 6.92 Å². The van der Waals surface area contributed by atoms with E-state index in [1.807, 2.05) is 11.9 Å². The van der Waals surface area contributed by atoms with Gasteiger partial charge in [-0.25, -0.2) is 0 Å². The first-order valence-electron chi connectivity index (χ1n) is 6.68. The van der Waals surface area contributed by atoms with Crippen LogP contribution in [0.1, 0.15) is 24.1 Å². The van der Waals surface area contributed by atoms with Crippen molar-refractivity contribution in [1.29, 1.82) is 0 Å². The second-order valence-electron chi connectivity index (χ2n) is 5.02. The van der Waals surface area contributed by atoms with Gasteiger partial charge in [-0.05, 0) is 13.3 Å². The third-order valence-electron chi connectivity index (χ3n) is 3.43. The van der Waals surface area contributed by atoms with Gasteiger partial charge in [0, 0.05) is 20.1 Å². The highest BCUT2D eigenvalue weighted by molar-refractivity contribution is 7.99. The summed E-state index contributed by atoms with van der Waals surface area (Å²) < 4.78 is 6.98. The van der Waals surface area contributed by atoms with Crippen molar-refractivity contribution in [3.8, 4) is 0 Å². The molecule has 0 aromatic carbocycles. The molecule has 1 unspecified atom stereocenters. The fourth-order valence-electron chi connectivity index (χ4n) is 2.29. The number of carbonyl (C=O) groups excluding carboxylic acids is 1. The molecule has 1 saturated heterocycles. The first kappa shape index (κ1) is 14.1. The molecule has 0 bridgehead atoms. The number of likely N-dealkylation sites (tertiary alicyclic amines) is 1. The van der Waals surface area contributed by atoms with Gasteiger partial charge in [-0.1, -0.05) is 16.9 Å². The maximum atomic E-state index is 12.2. The van der Waals surface area contributed by atoms with Gasteiger partial charge in [0.05, 0.1) is 11.7 Å². The molecule has 0 spiro atoms. The van der Waals surface area contributed by atoms with Crippen molar-refractivity contribution in [1.82, 2.24) is 29.8 Å². The summed E-state index contributed by atoms with van der Waals surface area (Å²) in [7, 11) is 1.86. The highest BCUT2D eigenvalue weighted by Gasteiger charge is 2.30. The summed E-state index contributed by atoms with van der Waals surface area (Å²) in [6.45, 7) is 3.16. The minimum atomic E-state index is 0.0988. The molecule has 112 valence electrons. The predicted molar refractivity (Wildman–Crippen MR) is 74.7 cm³/mol. The number of hydrogen-bond donors (Lipinski definition) is 0. The second kappa shape index (κ2) is 5.84. The molecule has 3 rings (SSSR count). The number of hydrogen-bond acceptors (Lipinski definition) is 7. The van der Waals surface area contributed by atoms with Crippen molar-refractivity contribution in [2.24, 2.45) is 7.05 Å². The Morgan fingerprint density at radius 1 is 1.57 bits per heavy atom. The Balaban J connectivity index is 1.53. The van der Waals surface area contributed by atoms with Crippen LogP contribution < -0.4 is 0 Å². The van der Waals surface area contributed by atoms with Gasteiger partial charge in [-0.2, -0.15) is 4.98 Å². The van der Waals surface area contributed by atoms with Crippen LogP contribution >= 0.6 is 11.8 Å². The lowest BCUT2D eigenvalue weighted by molar-refractivity contribution is -0.127. The lowest BCUT2D eigenvalue weighted by Gasteiger charge is -2.15. The van der Waals surface area contributed by atoms with E-state index in [0.717, 1.165) is 18.1 Å². The van der Waals surface area contributed by atoms with Crippen molar-refractivity contribution in [3.63, 3.8) is 0 Å². The average molecular weight is 308 g/mol. The molecule has 0 saturated carbocycles. The summed E-state index contributed by atoms with van der Waals surface area (Å²) in [6, 6.07) is 0. The second-order valence-corrected chi connectivity index (χ2v) is 5.96. The van der Waals surface area contributed by atoms with Crippen LogP contribution in [0.3, 0.4) is 0 Å². The monoisotopic (exact) mass is 308 g/mol. The Morgan fingerprint density at radius 3 is 3.10 bits per heavy atom. The fourth-order valence-corrected chi connectivity index (χ4v) is 3.08. The minimum Gasteiger partial charge on any atom is -0.341 e. The van der Waals surface area contributed by atoms with Crippen LogP contribution in [-0.2, 0) is 11.8 Å². The van der Waals surface area contributed by atoms with Gasteiger partial charge in [0.2, 0.25) is 11.8 Å². The summed E-state index contributed by atoms with van der Waals surface area (Å²) in [5.41, 5.74) is 0. The van der Waals surface area contributed by atoms with Gasteiger partial charge < -0.3 is 14.0 Å². The number of aryl methyl sites for hydroxylation is 2. The van der Waals surface area contributed by atoms with Gasteiger partial charge in [0.15, 0.2) is 11.0 Å². The van der Waals surface area contributed by atoms with E-state index in [1.165, 1.54) is 11.8 Å². The molecule has 21 heavy (non-hydrogen) atoms. The van der Waals surface area contributed by atoms with E-state index in [0.29, 0.717) is 24.0 Å². The van der Waals surface area contributed by atoms with Gasteiger partial charge in [0.25, 0.3) is 0 Å². The van der Waals surface area contributed by atoms with E-state index < -0.39 is 0 Å². The number of thioether (sulfide) groups is 1. The lowest BCUT2D eigenvalue weighted by Crippen LogP contribution is -2.30. The number of nitrogens with zero attached hydrogens (tertiary/aromatic N) is 6. The van der Waals surface area contributed by atoms with Crippen LogP contribution in [0.25, 0.3) is 0 Å². The zero-order chi connectivity index (χ0) is 14.8. The fraction of sp³-hybridized carbons (Fsp3) is 0.583. The molecule has 0 N–H and O–H groups in total. The molecule has 8 nitrogen and oxygen atoms in total. The summed E-state index contributed by atoms with van der Waals surface area (Å²) in [5.74, 6) is 1.87. The maximum Gasteiger partial charge on any atom is 0.233 e. The van der Waals surface area contributed by atoms with Crippen molar-refractivity contribution in [2.45, 2.75) is 24.4 Å². The van der Waals surface area contributed by atoms with Gasteiger partial charge in [-0.15, -0.1) is 10.2 Å². The number of carbonyl (C=O) groups is 1. The summed E-state index contributed by atoms with van der Waals surface area (Å²) >= 11 is 1.40. The molecule has 3 heterocycles. The van der Waals surface area contributed by atoms with E-state index in [9.17, 15) is 4.79 Å². The Labute approximate surface area is 125 Å². The Morgan fingerprint density at radius 2 is 2.43 bits per heavy atom. The van der Waals surface area contributed by atoms with Crippen molar-refractivity contribution in [3.05, 3.63) is 18.0 Å². The SMILES string of the molecule is Cc1noc(C2CCN(C(=O)CSc3nncn3C)C2)n1. The normalized spacial score (nSPS) is 18.4. The lowest BCUT2D eigenvalue weighted by atomic mass is 10.1. The topological polar surface area (TPSA) is 89.9 Å². The smallest absolute Gasteiger partial charge is 0.233 e. The van der Waals surface area contributed by atoms with Crippen molar-refractivity contribution < 1.29 is 9.32 Å². The zero-order valence-corrected chi connectivity index (χ0v) is 12.7. The first-order chi connectivity index (χ1) is 10.1. The van der Waals surface area contributed by atoms with E-state index in [4.69, 9.17) is 4.52 Å². The van der Waals surface area contributed by atoms with Crippen LogP contribution in [0.2, 0.25) is 0 Å². The Bertz CT molecular complexity index is 639. The molecule has 0 radical (unpaired) electrons. The van der Waals surface area contributed by atoms with E-state index in [1.54, 1.807) is 17.8 Å². The van der Waals surface area contributed by atoms with Gasteiger partial charge in [0.1, 0.15) is 6.33 Å². The van der Waals surface area contributed by atoms with E-state index in [2.05, 4.69) is 20.3 Å². The minimum absolute atomic E-state index is 0.0988. The Hall–Kier alpha value is -1.90. The molecule has 1 aliphatic heterocycles. The van der Waals surface area contributed by atoms with Crippen LogP contribution in [0.4, 0.5) is 0 Å². The van der Waals surface area contributed by atoms with Gasteiger partial charge in [-0.3, -0.25) is 4.79 Å². The molecule has 1 amide bonds. The number of rotatable bonds is 4. The molecule has 2 aromatic heterocycles. The quantitative estimate of drug-likeness (QED) is 0.764. The van der Waals surface area contributed by atoms with Gasteiger partial charge >= 0.3 is 0 Å².